The van der Waals surface area contributed by atoms with Gasteiger partial charge in [0, 0.05) is 10.9 Å². The van der Waals surface area contributed by atoms with Crippen molar-refractivity contribution in [1.82, 2.24) is 9.97 Å². The number of hydrogen-bond acceptors (Lipinski definition) is 5. The smallest absolute Gasteiger partial charge is 0.319 e. The van der Waals surface area contributed by atoms with E-state index in [-0.39, 0.29) is 5.56 Å². The van der Waals surface area contributed by atoms with Gasteiger partial charge >= 0.3 is 5.97 Å². The Morgan fingerprint density at radius 2 is 1.92 bits per heavy atom. The summed E-state index contributed by atoms with van der Waals surface area (Å²) < 4.78 is -1.07. The zero-order valence-corrected chi connectivity index (χ0v) is 16.6. The van der Waals surface area contributed by atoms with Crippen molar-refractivity contribution < 1.29 is 9.90 Å². The van der Waals surface area contributed by atoms with Gasteiger partial charge in [-0.3, -0.25) is 9.59 Å². The zero-order chi connectivity index (χ0) is 19.1. The SMILES string of the molecule is CC(C)c1ccc(-c2csc3nc(SC(C)(C)C(=O)O)[nH]c(=O)c23)cc1. The predicted molar refractivity (Wildman–Crippen MR) is 107 cm³/mol. The summed E-state index contributed by atoms with van der Waals surface area (Å²) in [6, 6.07) is 8.19. The molecule has 0 bridgehead atoms. The van der Waals surface area contributed by atoms with Gasteiger partial charge in [-0.25, -0.2) is 4.98 Å². The zero-order valence-electron chi connectivity index (χ0n) is 15.0. The Morgan fingerprint density at radius 3 is 2.50 bits per heavy atom. The number of aromatic amines is 1. The lowest BCUT2D eigenvalue weighted by molar-refractivity contribution is -0.138. The Bertz CT molecular complexity index is 1020. The maximum atomic E-state index is 12.6. The number of aromatic nitrogens is 2. The van der Waals surface area contributed by atoms with Crippen molar-refractivity contribution in [2.24, 2.45) is 0 Å². The first-order chi connectivity index (χ1) is 12.2. The van der Waals surface area contributed by atoms with Gasteiger partial charge in [0.2, 0.25) is 0 Å². The van der Waals surface area contributed by atoms with Crippen LogP contribution in [0.15, 0.2) is 39.6 Å². The summed E-state index contributed by atoms with van der Waals surface area (Å²) in [4.78, 5) is 31.7. The van der Waals surface area contributed by atoms with E-state index >= 15 is 0 Å². The standard InChI is InChI=1S/C19H20N2O3S2/c1-10(2)11-5-7-12(8-6-11)13-9-25-16-14(13)15(22)20-18(21-16)26-19(3,4)17(23)24/h5-10H,1-4H3,(H,23,24)(H,20,21,22). The summed E-state index contributed by atoms with van der Waals surface area (Å²) in [6.07, 6.45) is 0. The van der Waals surface area contributed by atoms with E-state index in [1.165, 1.54) is 16.9 Å². The van der Waals surface area contributed by atoms with E-state index in [1.807, 2.05) is 17.5 Å². The second-order valence-corrected chi connectivity index (χ2v) is 9.36. The van der Waals surface area contributed by atoms with Crippen molar-refractivity contribution in [3.8, 4) is 11.1 Å². The van der Waals surface area contributed by atoms with Crippen LogP contribution in [0.3, 0.4) is 0 Å². The number of thiophene rings is 1. The highest BCUT2D eigenvalue weighted by Crippen LogP contribution is 2.34. The van der Waals surface area contributed by atoms with Crippen LogP contribution in [0.2, 0.25) is 0 Å². The fraction of sp³-hybridized carbons (Fsp3) is 0.316. The number of aliphatic carboxylic acids is 1. The molecule has 0 aliphatic carbocycles. The highest BCUT2D eigenvalue weighted by atomic mass is 32.2. The number of H-pyrrole nitrogens is 1. The van der Waals surface area contributed by atoms with Crippen LogP contribution < -0.4 is 5.56 Å². The topological polar surface area (TPSA) is 83.0 Å². The molecule has 3 rings (SSSR count). The average molecular weight is 389 g/mol. The summed E-state index contributed by atoms with van der Waals surface area (Å²) in [5.74, 6) is -0.507. The number of carbonyl (C=O) groups is 1. The van der Waals surface area contributed by atoms with Crippen molar-refractivity contribution in [3.05, 3.63) is 45.6 Å². The molecule has 0 fully saturated rings. The molecule has 0 amide bonds. The van der Waals surface area contributed by atoms with Gasteiger partial charge in [-0.1, -0.05) is 49.9 Å². The third-order valence-corrected chi connectivity index (χ3v) is 6.12. The van der Waals surface area contributed by atoms with Gasteiger partial charge in [0.25, 0.3) is 5.56 Å². The highest BCUT2D eigenvalue weighted by Gasteiger charge is 2.30. The normalized spacial score (nSPS) is 12.0. The number of thioether (sulfide) groups is 1. The minimum Gasteiger partial charge on any atom is -0.480 e. The van der Waals surface area contributed by atoms with Crippen molar-refractivity contribution in [2.45, 2.75) is 43.5 Å². The number of rotatable bonds is 5. The Balaban J connectivity index is 2.03. The molecule has 2 heterocycles. The molecule has 0 saturated heterocycles. The molecule has 0 radical (unpaired) electrons. The van der Waals surface area contributed by atoms with Crippen LogP contribution in [0.25, 0.3) is 21.3 Å². The van der Waals surface area contributed by atoms with Gasteiger partial charge in [0.05, 0.1) is 5.39 Å². The van der Waals surface area contributed by atoms with E-state index < -0.39 is 10.7 Å². The van der Waals surface area contributed by atoms with Crippen molar-refractivity contribution in [1.29, 1.82) is 0 Å². The van der Waals surface area contributed by atoms with Gasteiger partial charge in [0.15, 0.2) is 5.16 Å². The van der Waals surface area contributed by atoms with Crippen LogP contribution in [0, 0.1) is 0 Å². The number of benzene rings is 1. The van der Waals surface area contributed by atoms with Crippen molar-refractivity contribution >= 4 is 39.3 Å². The van der Waals surface area contributed by atoms with Crippen LogP contribution >= 0.6 is 23.1 Å². The van der Waals surface area contributed by atoms with E-state index in [4.69, 9.17) is 0 Å². The maximum absolute atomic E-state index is 12.6. The number of nitrogens with one attached hydrogen (secondary N) is 1. The van der Waals surface area contributed by atoms with E-state index in [0.717, 1.165) is 22.9 Å². The van der Waals surface area contributed by atoms with E-state index in [1.54, 1.807) is 13.8 Å². The van der Waals surface area contributed by atoms with Crippen molar-refractivity contribution in [2.75, 3.05) is 0 Å². The second-order valence-electron chi connectivity index (χ2n) is 6.89. The van der Waals surface area contributed by atoms with Gasteiger partial charge in [-0.2, -0.15) is 0 Å². The van der Waals surface area contributed by atoms with E-state index in [9.17, 15) is 14.7 Å². The van der Waals surface area contributed by atoms with E-state index in [2.05, 4.69) is 35.9 Å². The predicted octanol–water partition coefficient (Wildman–Crippen LogP) is 4.73. The summed E-state index contributed by atoms with van der Waals surface area (Å²) in [5, 5.41) is 12.1. The molecule has 3 aromatic rings. The van der Waals surface area contributed by atoms with E-state index in [0.29, 0.717) is 21.3 Å². The highest BCUT2D eigenvalue weighted by molar-refractivity contribution is 8.01. The van der Waals surface area contributed by atoms with Gasteiger partial charge in [0.1, 0.15) is 9.58 Å². The van der Waals surface area contributed by atoms with Gasteiger partial charge < -0.3 is 10.1 Å². The fourth-order valence-corrected chi connectivity index (χ4v) is 4.38. The van der Waals surface area contributed by atoms with Gasteiger partial charge in [-0.05, 0) is 30.9 Å². The van der Waals surface area contributed by atoms with Crippen molar-refractivity contribution in [3.63, 3.8) is 0 Å². The number of carboxylic acids is 1. The summed E-state index contributed by atoms with van der Waals surface area (Å²) >= 11 is 2.42. The molecule has 0 aliphatic heterocycles. The molecule has 2 N–H and O–H groups in total. The minimum atomic E-state index is -1.07. The molecule has 0 saturated carbocycles. The number of fused-ring (bicyclic) bond motifs is 1. The summed E-state index contributed by atoms with van der Waals surface area (Å²) in [7, 11) is 0. The number of carboxylic acid groups (broad SMARTS) is 1. The Hall–Kier alpha value is -2.12. The van der Waals surface area contributed by atoms with Crippen LogP contribution in [0.5, 0.6) is 0 Å². The molecule has 5 nitrogen and oxygen atoms in total. The Morgan fingerprint density at radius 1 is 1.27 bits per heavy atom. The largest absolute Gasteiger partial charge is 0.480 e. The van der Waals surface area contributed by atoms with Crippen LogP contribution in [-0.2, 0) is 4.79 Å². The number of nitrogens with zero attached hydrogens (tertiary/aromatic N) is 1. The first kappa shape index (κ1) is 18.7. The molecule has 0 aliphatic rings. The molecule has 0 atom stereocenters. The molecular formula is C19H20N2O3S2. The molecule has 136 valence electrons. The summed E-state index contributed by atoms with van der Waals surface area (Å²) in [6.45, 7) is 7.45. The molecule has 7 heteroatoms. The Labute approximate surface area is 159 Å². The molecular weight excluding hydrogens is 368 g/mol. The lowest BCUT2D eigenvalue weighted by Gasteiger charge is -2.16. The second kappa shape index (κ2) is 6.89. The first-order valence-electron chi connectivity index (χ1n) is 8.23. The molecule has 1 aromatic carbocycles. The fourth-order valence-electron chi connectivity index (χ4n) is 2.52. The molecule has 0 spiro atoms. The molecule has 0 unspecified atom stereocenters. The van der Waals surface area contributed by atoms with Crippen LogP contribution in [0.1, 0.15) is 39.2 Å². The summed E-state index contributed by atoms with van der Waals surface area (Å²) in [5.41, 5.74) is 2.82. The molecule has 26 heavy (non-hydrogen) atoms. The quantitative estimate of drug-likeness (QED) is 0.488. The third-order valence-electron chi connectivity index (χ3n) is 4.18. The van der Waals surface area contributed by atoms with Crippen LogP contribution in [-0.4, -0.2) is 25.8 Å². The number of hydrogen-bond donors (Lipinski definition) is 2. The van der Waals surface area contributed by atoms with Gasteiger partial charge in [-0.15, -0.1) is 11.3 Å². The molecule has 2 aromatic heterocycles. The monoisotopic (exact) mass is 388 g/mol. The third kappa shape index (κ3) is 3.54. The first-order valence-corrected chi connectivity index (χ1v) is 9.93. The Kier molecular flexibility index (Phi) is 4.94. The van der Waals surface area contributed by atoms with Crippen LogP contribution in [0.4, 0.5) is 0 Å². The minimum absolute atomic E-state index is 0.247. The lowest BCUT2D eigenvalue weighted by atomic mass is 9.99. The average Bonchev–Trinajstić information content (AvgIpc) is 2.98. The maximum Gasteiger partial charge on any atom is 0.319 e. The lowest BCUT2D eigenvalue weighted by Crippen LogP contribution is -2.27.